The van der Waals surface area contributed by atoms with Crippen LogP contribution in [0.1, 0.15) is 36.8 Å². The van der Waals surface area contributed by atoms with Crippen LogP contribution in [0.4, 0.5) is 15.0 Å². The minimum atomic E-state index is -0.424. The van der Waals surface area contributed by atoms with Gasteiger partial charge in [0.2, 0.25) is 0 Å². The van der Waals surface area contributed by atoms with Gasteiger partial charge in [-0.15, -0.1) is 10.2 Å². The molecule has 2 aliphatic heterocycles. The monoisotopic (exact) mass is 330 g/mol. The minimum absolute atomic E-state index is 0.208. The van der Waals surface area contributed by atoms with E-state index < -0.39 is 5.82 Å². The summed E-state index contributed by atoms with van der Waals surface area (Å²) in [6, 6.07) is 2.53. The van der Waals surface area contributed by atoms with Crippen molar-refractivity contribution < 1.29 is 9.18 Å². The van der Waals surface area contributed by atoms with E-state index >= 15 is 0 Å². The number of carbonyl (C=O) groups excluding carboxylic acids is 1. The molecule has 0 spiro atoms. The number of hydrogen-bond donors (Lipinski definition) is 1. The van der Waals surface area contributed by atoms with Gasteiger partial charge in [-0.2, -0.15) is 0 Å². The number of aromatic nitrogens is 4. The second-order valence-corrected chi connectivity index (χ2v) is 6.31. The number of nitrogens with zero attached hydrogens (tertiary/aromatic N) is 5. The van der Waals surface area contributed by atoms with Gasteiger partial charge in [-0.3, -0.25) is 5.32 Å². The summed E-state index contributed by atoms with van der Waals surface area (Å²) in [7, 11) is 0. The standard InChI is InChI=1S/C16H19FN6O/c17-12-5-6-13(18-9-12)19-16(24)22-7-1-3-11(10-22)15-21-20-14-4-2-8-23(14)15/h5-6,9,11H,1-4,7-8,10H2,(H,18,19,24)/t11-/m1/s1. The topological polar surface area (TPSA) is 75.9 Å². The molecule has 2 amide bonds. The summed E-state index contributed by atoms with van der Waals surface area (Å²) < 4.78 is 15.1. The zero-order chi connectivity index (χ0) is 16.5. The van der Waals surface area contributed by atoms with Crippen LogP contribution in [0.2, 0.25) is 0 Å². The number of anilines is 1. The Morgan fingerprint density at radius 1 is 1.25 bits per heavy atom. The smallest absolute Gasteiger partial charge is 0.323 e. The highest BCUT2D eigenvalue weighted by atomic mass is 19.1. The molecule has 2 aromatic rings. The predicted molar refractivity (Wildman–Crippen MR) is 85.1 cm³/mol. The van der Waals surface area contributed by atoms with Gasteiger partial charge in [0, 0.05) is 32.0 Å². The summed E-state index contributed by atoms with van der Waals surface area (Å²) in [5.74, 6) is 2.20. The van der Waals surface area contributed by atoms with E-state index in [0.717, 1.165) is 50.1 Å². The van der Waals surface area contributed by atoms with Gasteiger partial charge in [-0.05, 0) is 31.4 Å². The van der Waals surface area contributed by atoms with Crippen molar-refractivity contribution in [3.8, 4) is 0 Å². The van der Waals surface area contributed by atoms with Gasteiger partial charge in [-0.25, -0.2) is 14.2 Å². The molecule has 8 heteroatoms. The Balaban J connectivity index is 1.44. The molecular weight excluding hydrogens is 311 g/mol. The van der Waals surface area contributed by atoms with Gasteiger partial charge in [0.25, 0.3) is 0 Å². The van der Waals surface area contributed by atoms with E-state index in [2.05, 4.69) is 25.1 Å². The molecule has 1 fully saturated rings. The third-order valence-electron chi connectivity index (χ3n) is 4.67. The molecule has 1 N–H and O–H groups in total. The van der Waals surface area contributed by atoms with E-state index in [9.17, 15) is 9.18 Å². The van der Waals surface area contributed by atoms with Crippen LogP contribution in [0.15, 0.2) is 18.3 Å². The number of halogens is 1. The van der Waals surface area contributed by atoms with Crippen LogP contribution < -0.4 is 5.32 Å². The Hall–Kier alpha value is -2.51. The van der Waals surface area contributed by atoms with Crippen molar-refractivity contribution in [3.63, 3.8) is 0 Å². The van der Waals surface area contributed by atoms with Crippen LogP contribution in [-0.4, -0.2) is 43.8 Å². The first kappa shape index (κ1) is 15.0. The number of pyridine rings is 1. The summed E-state index contributed by atoms with van der Waals surface area (Å²) in [5.41, 5.74) is 0. The molecule has 0 unspecified atom stereocenters. The predicted octanol–water partition coefficient (Wildman–Crippen LogP) is 2.17. The second-order valence-electron chi connectivity index (χ2n) is 6.31. The molecule has 0 aromatic carbocycles. The Morgan fingerprint density at radius 3 is 3.00 bits per heavy atom. The first-order chi connectivity index (χ1) is 11.7. The van der Waals surface area contributed by atoms with Gasteiger partial charge in [0.1, 0.15) is 23.3 Å². The highest BCUT2D eigenvalue weighted by Crippen LogP contribution is 2.28. The van der Waals surface area contributed by atoms with Gasteiger partial charge in [0.15, 0.2) is 0 Å². The Kier molecular flexibility index (Phi) is 3.87. The molecule has 4 heterocycles. The molecule has 126 valence electrons. The Morgan fingerprint density at radius 2 is 2.17 bits per heavy atom. The molecule has 2 aliphatic rings. The lowest BCUT2D eigenvalue weighted by atomic mass is 9.97. The number of hydrogen-bond acceptors (Lipinski definition) is 4. The van der Waals surface area contributed by atoms with Gasteiger partial charge in [0.05, 0.1) is 6.20 Å². The number of likely N-dealkylation sites (tertiary alicyclic amines) is 1. The largest absolute Gasteiger partial charge is 0.324 e. The summed E-state index contributed by atoms with van der Waals surface area (Å²) >= 11 is 0. The van der Waals surface area contributed by atoms with Gasteiger partial charge >= 0.3 is 6.03 Å². The van der Waals surface area contributed by atoms with Crippen LogP contribution in [0.5, 0.6) is 0 Å². The van der Waals surface area contributed by atoms with Crippen molar-refractivity contribution in [2.24, 2.45) is 0 Å². The van der Waals surface area contributed by atoms with Crippen molar-refractivity contribution in [1.82, 2.24) is 24.6 Å². The maximum absolute atomic E-state index is 12.9. The number of rotatable bonds is 2. The van der Waals surface area contributed by atoms with Crippen molar-refractivity contribution >= 4 is 11.8 Å². The van der Waals surface area contributed by atoms with Crippen LogP contribution in [0.25, 0.3) is 0 Å². The molecular formula is C16H19FN6O. The number of carbonyl (C=O) groups is 1. The number of amides is 2. The molecule has 24 heavy (non-hydrogen) atoms. The van der Waals surface area contributed by atoms with Crippen molar-refractivity contribution in [1.29, 1.82) is 0 Å². The summed E-state index contributed by atoms with van der Waals surface area (Å²) in [4.78, 5) is 18.1. The van der Waals surface area contributed by atoms with Crippen LogP contribution in [0, 0.1) is 5.82 Å². The average molecular weight is 330 g/mol. The molecule has 1 saturated heterocycles. The van der Waals surface area contributed by atoms with Gasteiger partial charge in [-0.1, -0.05) is 0 Å². The van der Waals surface area contributed by atoms with Crippen LogP contribution in [-0.2, 0) is 13.0 Å². The quantitative estimate of drug-likeness (QED) is 0.915. The first-order valence-corrected chi connectivity index (χ1v) is 8.30. The van der Waals surface area contributed by atoms with E-state index in [1.165, 1.54) is 12.1 Å². The molecule has 0 aliphatic carbocycles. The van der Waals surface area contributed by atoms with E-state index in [0.29, 0.717) is 18.9 Å². The fraction of sp³-hybridized carbons (Fsp3) is 0.500. The van der Waals surface area contributed by atoms with Crippen LogP contribution in [0.3, 0.4) is 0 Å². The summed E-state index contributed by atoms with van der Waals surface area (Å²) in [6.45, 7) is 2.29. The molecule has 0 bridgehead atoms. The normalized spacial score (nSPS) is 20.0. The molecule has 2 aromatic heterocycles. The highest BCUT2D eigenvalue weighted by Gasteiger charge is 2.30. The van der Waals surface area contributed by atoms with Gasteiger partial charge < -0.3 is 9.47 Å². The lowest BCUT2D eigenvalue weighted by molar-refractivity contribution is 0.190. The molecule has 4 rings (SSSR count). The zero-order valence-electron chi connectivity index (χ0n) is 13.3. The fourth-order valence-electron chi connectivity index (χ4n) is 3.49. The number of nitrogens with one attached hydrogen (secondary N) is 1. The lowest BCUT2D eigenvalue weighted by Gasteiger charge is -2.32. The van der Waals surface area contributed by atoms with Crippen LogP contribution >= 0.6 is 0 Å². The molecule has 1 atom stereocenters. The lowest BCUT2D eigenvalue weighted by Crippen LogP contribution is -2.42. The first-order valence-electron chi connectivity index (χ1n) is 8.30. The number of piperidine rings is 1. The maximum atomic E-state index is 12.9. The third kappa shape index (κ3) is 2.83. The third-order valence-corrected chi connectivity index (χ3v) is 4.67. The SMILES string of the molecule is O=C(Nc1ccc(F)cn1)N1CCC[C@@H](c2nnc3n2CCC3)C1. The second kappa shape index (κ2) is 6.18. The highest BCUT2D eigenvalue weighted by molar-refractivity contribution is 5.88. The number of urea groups is 1. The molecule has 7 nitrogen and oxygen atoms in total. The maximum Gasteiger partial charge on any atom is 0.323 e. The fourth-order valence-corrected chi connectivity index (χ4v) is 3.49. The Labute approximate surface area is 138 Å². The molecule has 0 radical (unpaired) electrons. The van der Waals surface area contributed by atoms with Crippen molar-refractivity contribution in [2.45, 2.75) is 38.1 Å². The van der Waals surface area contributed by atoms with E-state index in [4.69, 9.17) is 0 Å². The minimum Gasteiger partial charge on any atom is -0.324 e. The van der Waals surface area contributed by atoms with E-state index in [1.807, 2.05) is 0 Å². The van der Waals surface area contributed by atoms with E-state index in [1.54, 1.807) is 4.90 Å². The zero-order valence-corrected chi connectivity index (χ0v) is 13.3. The average Bonchev–Trinajstić information content (AvgIpc) is 3.20. The number of aryl methyl sites for hydroxylation is 1. The summed E-state index contributed by atoms with van der Waals surface area (Å²) in [5, 5.41) is 11.3. The van der Waals surface area contributed by atoms with Crippen molar-refractivity contribution in [2.75, 3.05) is 18.4 Å². The molecule has 0 saturated carbocycles. The van der Waals surface area contributed by atoms with Crippen molar-refractivity contribution in [3.05, 3.63) is 35.8 Å². The summed E-state index contributed by atoms with van der Waals surface area (Å²) in [6.07, 6.45) is 5.13. The number of fused-ring (bicyclic) bond motifs is 1. The van der Waals surface area contributed by atoms with E-state index in [-0.39, 0.29) is 11.9 Å². The Bertz CT molecular complexity index is 744.